The minimum Gasteiger partial charge on any atom is -0.497 e. The van der Waals surface area contributed by atoms with Crippen LogP contribution in [0.15, 0.2) is 30.5 Å². The summed E-state index contributed by atoms with van der Waals surface area (Å²) in [6.45, 7) is 2.54. The van der Waals surface area contributed by atoms with Gasteiger partial charge in [-0.15, -0.1) is 11.3 Å². The molecule has 0 saturated carbocycles. The molecule has 118 valence electrons. The van der Waals surface area contributed by atoms with Crippen molar-refractivity contribution in [3.05, 3.63) is 45.9 Å². The summed E-state index contributed by atoms with van der Waals surface area (Å²) in [4.78, 5) is 17.5. The normalized spacial score (nSPS) is 12.0. The van der Waals surface area contributed by atoms with E-state index in [1.54, 1.807) is 42.7 Å². The van der Waals surface area contributed by atoms with Crippen molar-refractivity contribution in [2.75, 3.05) is 13.7 Å². The number of aromatic nitrogens is 1. The summed E-state index contributed by atoms with van der Waals surface area (Å²) in [5, 5.41) is 13.8. The van der Waals surface area contributed by atoms with E-state index >= 15 is 0 Å². The molecule has 6 heteroatoms. The van der Waals surface area contributed by atoms with Crippen LogP contribution in [-0.4, -0.2) is 29.7 Å². The number of hydrogen-bond acceptors (Lipinski definition) is 5. The minimum absolute atomic E-state index is 0.416. The third-order valence-corrected chi connectivity index (χ3v) is 4.45. The van der Waals surface area contributed by atoms with Crippen LogP contribution in [0.3, 0.4) is 0 Å². The maximum absolute atomic E-state index is 12.0. The molecule has 0 aliphatic carbocycles. The Kier molecular flexibility index (Phi) is 5.91. The Morgan fingerprint density at radius 3 is 3.00 bits per heavy atom. The molecule has 0 fully saturated rings. The van der Waals surface area contributed by atoms with Gasteiger partial charge in [-0.25, -0.2) is 4.98 Å². The SMILES string of the molecule is CCc1cnc(CCNC(=O)C(O)c2cccc(OC)c2)s1. The number of carbonyl (C=O) groups excluding carboxylic acids is 1. The first-order chi connectivity index (χ1) is 10.6. The molecular formula is C16H20N2O3S. The summed E-state index contributed by atoms with van der Waals surface area (Å²) < 4.78 is 5.09. The predicted molar refractivity (Wildman–Crippen MR) is 86.2 cm³/mol. The Balaban J connectivity index is 1.85. The van der Waals surface area contributed by atoms with Crippen LogP contribution in [0.5, 0.6) is 5.75 Å². The molecule has 0 spiro atoms. The highest BCUT2D eigenvalue weighted by Gasteiger charge is 2.17. The lowest BCUT2D eigenvalue weighted by Gasteiger charge is -2.12. The van der Waals surface area contributed by atoms with Crippen molar-refractivity contribution in [1.29, 1.82) is 0 Å². The summed E-state index contributed by atoms with van der Waals surface area (Å²) >= 11 is 1.65. The van der Waals surface area contributed by atoms with E-state index < -0.39 is 12.0 Å². The maximum atomic E-state index is 12.0. The third kappa shape index (κ3) is 4.29. The van der Waals surface area contributed by atoms with Gasteiger partial charge in [-0.3, -0.25) is 4.79 Å². The number of methoxy groups -OCH3 is 1. The van der Waals surface area contributed by atoms with Crippen LogP contribution in [0.1, 0.15) is 28.5 Å². The van der Waals surface area contributed by atoms with Crippen molar-refractivity contribution in [2.45, 2.75) is 25.9 Å². The molecule has 2 rings (SSSR count). The van der Waals surface area contributed by atoms with Gasteiger partial charge in [-0.2, -0.15) is 0 Å². The van der Waals surface area contributed by atoms with Crippen molar-refractivity contribution in [1.82, 2.24) is 10.3 Å². The zero-order chi connectivity index (χ0) is 15.9. The van der Waals surface area contributed by atoms with Crippen molar-refractivity contribution < 1.29 is 14.6 Å². The number of rotatable bonds is 7. The lowest BCUT2D eigenvalue weighted by atomic mass is 10.1. The number of aliphatic hydroxyl groups is 1. The number of aryl methyl sites for hydroxylation is 1. The number of thiazole rings is 1. The van der Waals surface area contributed by atoms with Gasteiger partial charge in [0.1, 0.15) is 5.75 Å². The van der Waals surface area contributed by atoms with Gasteiger partial charge in [0, 0.05) is 24.0 Å². The zero-order valence-electron chi connectivity index (χ0n) is 12.7. The maximum Gasteiger partial charge on any atom is 0.253 e. The smallest absolute Gasteiger partial charge is 0.253 e. The number of carbonyl (C=O) groups is 1. The molecule has 2 N–H and O–H groups in total. The summed E-state index contributed by atoms with van der Waals surface area (Å²) in [5.74, 6) is 0.194. The Bertz CT molecular complexity index is 627. The Labute approximate surface area is 134 Å². The lowest BCUT2D eigenvalue weighted by molar-refractivity contribution is -0.129. The second-order valence-electron chi connectivity index (χ2n) is 4.79. The number of nitrogens with zero attached hydrogens (tertiary/aromatic N) is 1. The fraction of sp³-hybridized carbons (Fsp3) is 0.375. The van der Waals surface area contributed by atoms with E-state index in [9.17, 15) is 9.90 Å². The first-order valence-corrected chi connectivity index (χ1v) is 7.99. The number of ether oxygens (including phenoxy) is 1. The van der Waals surface area contributed by atoms with Gasteiger partial charge in [0.05, 0.1) is 12.1 Å². The van der Waals surface area contributed by atoms with Gasteiger partial charge >= 0.3 is 0 Å². The van der Waals surface area contributed by atoms with Gasteiger partial charge in [0.15, 0.2) is 6.10 Å². The molecule has 1 heterocycles. The molecule has 1 unspecified atom stereocenters. The summed E-state index contributed by atoms with van der Waals surface area (Å²) in [7, 11) is 1.55. The number of aliphatic hydroxyl groups excluding tert-OH is 1. The van der Waals surface area contributed by atoms with E-state index in [4.69, 9.17) is 4.74 Å². The van der Waals surface area contributed by atoms with Gasteiger partial charge in [0.25, 0.3) is 5.91 Å². The quantitative estimate of drug-likeness (QED) is 0.819. The van der Waals surface area contributed by atoms with E-state index in [-0.39, 0.29) is 0 Å². The molecular weight excluding hydrogens is 300 g/mol. The summed E-state index contributed by atoms with van der Waals surface area (Å²) in [5.41, 5.74) is 0.513. The molecule has 1 aromatic carbocycles. The molecule has 5 nitrogen and oxygen atoms in total. The molecule has 0 bridgehead atoms. The lowest BCUT2D eigenvalue weighted by Crippen LogP contribution is -2.30. The van der Waals surface area contributed by atoms with Crippen molar-refractivity contribution in [3.63, 3.8) is 0 Å². The van der Waals surface area contributed by atoms with Gasteiger partial charge < -0.3 is 15.2 Å². The van der Waals surface area contributed by atoms with Crippen LogP contribution < -0.4 is 10.1 Å². The molecule has 0 aliphatic rings. The fourth-order valence-electron chi connectivity index (χ4n) is 1.98. The molecule has 0 saturated heterocycles. The van der Waals surface area contributed by atoms with Gasteiger partial charge in [0.2, 0.25) is 0 Å². The molecule has 1 amide bonds. The predicted octanol–water partition coefficient (Wildman–Crippen LogP) is 2.11. The monoisotopic (exact) mass is 320 g/mol. The zero-order valence-corrected chi connectivity index (χ0v) is 13.5. The van der Waals surface area contributed by atoms with Crippen molar-refractivity contribution in [3.8, 4) is 5.75 Å². The van der Waals surface area contributed by atoms with Crippen LogP contribution >= 0.6 is 11.3 Å². The van der Waals surface area contributed by atoms with E-state index in [1.807, 2.05) is 6.20 Å². The average Bonchev–Trinajstić information content (AvgIpc) is 3.02. The van der Waals surface area contributed by atoms with Crippen LogP contribution in [0, 0.1) is 0 Å². The first kappa shape index (κ1) is 16.5. The fourth-order valence-corrected chi connectivity index (χ4v) is 2.84. The molecule has 22 heavy (non-hydrogen) atoms. The standard InChI is InChI=1S/C16H20N2O3S/c1-3-13-10-18-14(22-13)7-8-17-16(20)15(19)11-5-4-6-12(9-11)21-2/h4-6,9-10,15,19H,3,7-8H2,1-2H3,(H,17,20). The third-order valence-electron chi connectivity index (χ3n) is 3.25. The molecule has 1 atom stereocenters. The largest absolute Gasteiger partial charge is 0.497 e. The minimum atomic E-state index is -1.20. The van der Waals surface area contributed by atoms with E-state index in [2.05, 4.69) is 17.2 Å². The second kappa shape index (κ2) is 7.91. The highest BCUT2D eigenvalue weighted by Crippen LogP contribution is 2.19. The number of amides is 1. The van der Waals surface area contributed by atoms with Crippen molar-refractivity contribution in [2.24, 2.45) is 0 Å². The second-order valence-corrected chi connectivity index (χ2v) is 5.99. The average molecular weight is 320 g/mol. The molecule has 0 radical (unpaired) electrons. The highest BCUT2D eigenvalue weighted by molar-refractivity contribution is 7.11. The highest BCUT2D eigenvalue weighted by atomic mass is 32.1. The van der Waals surface area contributed by atoms with Crippen LogP contribution in [0.25, 0.3) is 0 Å². The van der Waals surface area contributed by atoms with Crippen LogP contribution in [0.2, 0.25) is 0 Å². The van der Waals surface area contributed by atoms with Gasteiger partial charge in [-0.1, -0.05) is 19.1 Å². The van der Waals surface area contributed by atoms with Crippen LogP contribution in [0.4, 0.5) is 0 Å². The molecule has 1 aromatic heterocycles. The summed E-state index contributed by atoms with van der Waals surface area (Å²) in [6.07, 6.45) is 2.31. The summed E-state index contributed by atoms with van der Waals surface area (Å²) in [6, 6.07) is 6.86. The van der Waals surface area contributed by atoms with E-state index in [0.717, 1.165) is 11.4 Å². The van der Waals surface area contributed by atoms with Crippen molar-refractivity contribution >= 4 is 17.2 Å². The van der Waals surface area contributed by atoms with Gasteiger partial charge in [-0.05, 0) is 24.1 Å². The topological polar surface area (TPSA) is 71.5 Å². The Morgan fingerprint density at radius 1 is 1.50 bits per heavy atom. The molecule has 0 aliphatic heterocycles. The number of benzene rings is 1. The number of nitrogens with one attached hydrogen (secondary N) is 1. The Morgan fingerprint density at radius 2 is 2.32 bits per heavy atom. The first-order valence-electron chi connectivity index (χ1n) is 7.17. The number of hydrogen-bond donors (Lipinski definition) is 2. The van der Waals surface area contributed by atoms with E-state index in [0.29, 0.717) is 24.3 Å². The molecule has 2 aromatic rings. The van der Waals surface area contributed by atoms with Crippen LogP contribution in [-0.2, 0) is 17.6 Å². The Hall–Kier alpha value is -1.92. The van der Waals surface area contributed by atoms with E-state index in [1.165, 1.54) is 4.88 Å².